The molecule has 0 spiro atoms. The number of ether oxygens (including phenoxy) is 2. The third-order valence-corrected chi connectivity index (χ3v) is 12.4. The summed E-state index contributed by atoms with van der Waals surface area (Å²) < 4.78 is 25.4. The molecule has 60 heavy (non-hydrogen) atoms. The number of rotatable bonds is 4. The number of nitrogens with zero attached hydrogens (tertiary/aromatic N) is 2. The number of hydrogen-bond acceptors (Lipinski definition) is 6. The zero-order chi connectivity index (χ0) is 40.3. The fourth-order valence-electron chi connectivity index (χ4n) is 9.51. The summed E-state index contributed by atoms with van der Waals surface area (Å²) in [6.45, 7) is 9.91. The Bertz CT molecular complexity index is 3110. The van der Waals surface area contributed by atoms with E-state index in [4.69, 9.17) is 18.3 Å². The molecule has 0 fully saturated rings. The van der Waals surface area contributed by atoms with E-state index in [0.717, 1.165) is 90.2 Å². The molecule has 0 amide bonds. The molecule has 12 rings (SSSR count). The van der Waals surface area contributed by atoms with Crippen molar-refractivity contribution >= 4 is 79.2 Å². The van der Waals surface area contributed by atoms with Gasteiger partial charge in [0.15, 0.2) is 11.5 Å². The smallest absolute Gasteiger partial charge is 0.252 e. The first-order chi connectivity index (χ1) is 29.2. The highest BCUT2D eigenvalue weighted by molar-refractivity contribution is 7.00. The van der Waals surface area contributed by atoms with Gasteiger partial charge in [-0.3, -0.25) is 0 Å². The van der Waals surface area contributed by atoms with Gasteiger partial charge in [-0.2, -0.15) is 0 Å². The molecular formula is C53H41BN2O4. The van der Waals surface area contributed by atoms with Gasteiger partial charge in [-0.15, -0.1) is 0 Å². The van der Waals surface area contributed by atoms with Crippen LogP contribution >= 0.6 is 0 Å². The van der Waals surface area contributed by atoms with Crippen LogP contribution in [-0.2, 0) is 5.41 Å². The summed E-state index contributed by atoms with van der Waals surface area (Å²) in [5, 5.41) is 2.18. The molecule has 3 aliphatic heterocycles. The van der Waals surface area contributed by atoms with Gasteiger partial charge in [0.2, 0.25) is 0 Å². The summed E-state index contributed by atoms with van der Waals surface area (Å²) in [7, 11) is 0. The van der Waals surface area contributed by atoms with Gasteiger partial charge < -0.3 is 28.1 Å². The van der Waals surface area contributed by atoms with E-state index in [1.54, 1.807) is 0 Å². The van der Waals surface area contributed by atoms with Crippen molar-refractivity contribution in [2.45, 2.75) is 33.1 Å². The first-order valence-corrected chi connectivity index (χ1v) is 20.8. The molecule has 0 atom stereocenters. The van der Waals surface area contributed by atoms with Crippen molar-refractivity contribution in [3.8, 4) is 34.1 Å². The van der Waals surface area contributed by atoms with Crippen LogP contribution in [0.3, 0.4) is 0 Å². The Morgan fingerprint density at radius 3 is 1.65 bits per heavy atom. The van der Waals surface area contributed by atoms with Crippen LogP contribution in [-0.4, -0.2) is 19.9 Å². The molecule has 0 saturated carbocycles. The number of aryl methyl sites for hydroxylation is 1. The van der Waals surface area contributed by atoms with E-state index >= 15 is 0 Å². The lowest BCUT2D eigenvalue weighted by Gasteiger charge is -2.44. The van der Waals surface area contributed by atoms with E-state index in [2.05, 4.69) is 159 Å². The van der Waals surface area contributed by atoms with Crippen LogP contribution in [0.5, 0.6) is 11.5 Å². The summed E-state index contributed by atoms with van der Waals surface area (Å²) in [6, 6.07) is 54.4. The van der Waals surface area contributed by atoms with Crippen molar-refractivity contribution in [3.05, 3.63) is 163 Å². The summed E-state index contributed by atoms with van der Waals surface area (Å²) in [5.74, 6) is 3.24. The van der Waals surface area contributed by atoms with Crippen molar-refractivity contribution < 1.29 is 18.3 Å². The average molecular weight is 781 g/mol. The molecule has 0 bridgehead atoms. The zero-order valence-electron chi connectivity index (χ0n) is 34.0. The maximum atomic E-state index is 6.51. The Hall–Kier alpha value is -7.12. The number of anilines is 6. The van der Waals surface area contributed by atoms with Crippen LogP contribution in [0.1, 0.15) is 31.9 Å². The second kappa shape index (κ2) is 12.9. The molecule has 0 saturated heterocycles. The van der Waals surface area contributed by atoms with Crippen LogP contribution in [0.4, 0.5) is 34.1 Å². The van der Waals surface area contributed by atoms with Gasteiger partial charge in [0.25, 0.3) is 6.71 Å². The van der Waals surface area contributed by atoms with Gasteiger partial charge in [-0.25, -0.2) is 0 Å². The normalized spacial score (nSPS) is 14.0. The number of fused-ring (bicyclic) bond motifs is 7. The minimum Gasteiger partial charge on any atom is -0.486 e. The lowest BCUT2D eigenvalue weighted by Crippen LogP contribution is -2.61. The quantitative estimate of drug-likeness (QED) is 0.166. The Kier molecular flexibility index (Phi) is 7.52. The molecule has 6 nitrogen and oxygen atoms in total. The fourth-order valence-corrected chi connectivity index (χ4v) is 9.51. The molecule has 5 heterocycles. The second-order valence-electron chi connectivity index (χ2n) is 17.3. The molecule has 3 aliphatic rings. The molecule has 7 heteroatoms. The molecule has 2 aromatic heterocycles. The number of furan rings is 2. The lowest BCUT2D eigenvalue weighted by atomic mass is 9.33. The van der Waals surface area contributed by atoms with Crippen LogP contribution in [0.2, 0.25) is 0 Å². The van der Waals surface area contributed by atoms with Crippen molar-refractivity contribution in [3.63, 3.8) is 0 Å². The summed E-state index contributed by atoms with van der Waals surface area (Å²) in [4.78, 5) is 4.87. The highest BCUT2D eigenvalue weighted by atomic mass is 16.6. The third kappa shape index (κ3) is 5.42. The zero-order valence-corrected chi connectivity index (χ0v) is 34.0. The monoisotopic (exact) mass is 780 g/mol. The SMILES string of the molecule is Cc1cc2c3c(c1)N(c1ccc(C(C)(C)C)cc1)c1cc4c(cc1B3c1cc(-c3cc5ccccc5o3)ccc1N2c1ccc(-c2cc3ccccc3o2)cc1)OCCO4. The Morgan fingerprint density at radius 1 is 0.500 bits per heavy atom. The molecule has 0 N–H and O–H groups in total. The van der Waals surface area contributed by atoms with Crippen LogP contribution < -0.4 is 35.7 Å². The van der Waals surface area contributed by atoms with Gasteiger partial charge in [0.05, 0.1) is 0 Å². The molecule has 0 aliphatic carbocycles. The summed E-state index contributed by atoms with van der Waals surface area (Å²) in [5.41, 5.74) is 16.5. The van der Waals surface area contributed by atoms with Gasteiger partial charge in [0, 0.05) is 62.1 Å². The minimum atomic E-state index is -0.114. The van der Waals surface area contributed by atoms with Crippen LogP contribution in [0.15, 0.2) is 160 Å². The Balaban J connectivity index is 1.10. The van der Waals surface area contributed by atoms with E-state index in [1.807, 2.05) is 30.3 Å². The molecule has 7 aromatic carbocycles. The van der Waals surface area contributed by atoms with E-state index in [9.17, 15) is 0 Å². The van der Waals surface area contributed by atoms with E-state index in [0.29, 0.717) is 13.2 Å². The molecule has 9 aromatic rings. The molecule has 0 unspecified atom stereocenters. The maximum Gasteiger partial charge on any atom is 0.252 e. The van der Waals surface area contributed by atoms with Crippen molar-refractivity contribution in [1.82, 2.24) is 0 Å². The first-order valence-electron chi connectivity index (χ1n) is 20.8. The Morgan fingerprint density at radius 2 is 1.03 bits per heavy atom. The third-order valence-electron chi connectivity index (χ3n) is 12.4. The van der Waals surface area contributed by atoms with Gasteiger partial charge >= 0.3 is 0 Å². The predicted molar refractivity (Wildman–Crippen MR) is 245 cm³/mol. The molecule has 0 radical (unpaired) electrons. The highest BCUT2D eigenvalue weighted by Gasteiger charge is 2.44. The molecule has 290 valence electrons. The second-order valence-corrected chi connectivity index (χ2v) is 17.3. The lowest BCUT2D eigenvalue weighted by molar-refractivity contribution is 0.172. The highest BCUT2D eigenvalue weighted by Crippen LogP contribution is 2.48. The van der Waals surface area contributed by atoms with E-state index in [-0.39, 0.29) is 12.1 Å². The fraction of sp³-hybridized carbons (Fsp3) is 0.132. The molecular weight excluding hydrogens is 739 g/mol. The Labute approximate surface area is 349 Å². The summed E-state index contributed by atoms with van der Waals surface area (Å²) >= 11 is 0. The van der Waals surface area contributed by atoms with E-state index < -0.39 is 0 Å². The number of para-hydroxylation sites is 2. The van der Waals surface area contributed by atoms with Gasteiger partial charge in [-0.1, -0.05) is 75.4 Å². The predicted octanol–water partition coefficient (Wildman–Crippen LogP) is 12.0. The van der Waals surface area contributed by atoms with Crippen molar-refractivity contribution in [2.75, 3.05) is 23.0 Å². The summed E-state index contributed by atoms with van der Waals surface area (Å²) in [6.07, 6.45) is 0. The van der Waals surface area contributed by atoms with E-state index in [1.165, 1.54) is 27.5 Å². The topological polar surface area (TPSA) is 51.2 Å². The van der Waals surface area contributed by atoms with Crippen molar-refractivity contribution in [2.24, 2.45) is 0 Å². The maximum absolute atomic E-state index is 6.51. The average Bonchev–Trinajstić information content (AvgIpc) is 3.91. The minimum absolute atomic E-state index is 0.0257. The number of benzene rings is 7. The first kappa shape index (κ1) is 34.9. The standard InChI is InChI=1S/C53H41BN2O4/c1-32-25-44-52-45(26-32)56(39-20-16-37(17-21-39)53(2,3)4)43-31-51-50(57-23-24-58-51)30-41(43)54(52)40-27-36(49-29-35-10-6-8-12-47(35)60-49)15-22-42(40)55(44)38-18-13-33(14-19-38)48-28-34-9-5-7-11-46(34)59-48/h5-22,25-31H,23-24H2,1-4H3. The largest absolute Gasteiger partial charge is 0.486 e. The number of hydrogen-bond donors (Lipinski definition) is 0. The van der Waals surface area contributed by atoms with Crippen LogP contribution in [0, 0.1) is 6.92 Å². The van der Waals surface area contributed by atoms with Crippen LogP contribution in [0.25, 0.3) is 44.6 Å². The van der Waals surface area contributed by atoms with Gasteiger partial charge in [-0.05, 0) is 131 Å². The van der Waals surface area contributed by atoms with Crippen molar-refractivity contribution in [1.29, 1.82) is 0 Å². The van der Waals surface area contributed by atoms with Gasteiger partial charge in [0.1, 0.15) is 35.9 Å².